The normalized spacial score (nSPS) is 12.6. The molecule has 1 atom stereocenters. The van der Waals surface area contributed by atoms with Crippen LogP contribution in [0.25, 0.3) is 10.9 Å². The van der Waals surface area contributed by atoms with Gasteiger partial charge in [-0.15, -0.1) is 11.6 Å². The summed E-state index contributed by atoms with van der Waals surface area (Å²) in [6, 6.07) is 9.31. The summed E-state index contributed by atoms with van der Waals surface area (Å²) in [6.07, 6.45) is 2.63. The second kappa shape index (κ2) is 6.71. The smallest absolute Gasteiger partial charge is 0.251 e. The largest absolute Gasteiger partial charge is 0.351 e. The summed E-state index contributed by atoms with van der Waals surface area (Å²) in [5, 5.41) is 3.81. The van der Waals surface area contributed by atoms with Crippen molar-refractivity contribution in [1.82, 2.24) is 10.3 Å². The molecule has 0 saturated carbocycles. The minimum absolute atomic E-state index is 0.0268. The summed E-state index contributed by atoms with van der Waals surface area (Å²) in [7, 11) is 0. The molecule has 20 heavy (non-hydrogen) atoms. The fraction of sp³-hybridized carbons (Fsp3) is 0.375. The summed E-state index contributed by atoms with van der Waals surface area (Å²) in [5.74, 6) is 0.436. The molecule has 0 aliphatic carbocycles. The van der Waals surface area contributed by atoms with E-state index in [1.165, 1.54) is 0 Å². The van der Waals surface area contributed by atoms with E-state index in [9.17, 15) is 4.79 Å². The van der Waals surface area contributed by atoms with E-state index in [4.69, 9.17) is 11.6 Å². The van der Waals surface area contributed by atoms with E-state index in [2.05, 4.69) is 24.1 Å². The van der Waals surface area contributed by atoms with E-state index in [1.807, 2.05) is 24.3 Å². The third-order valence-corrected chi connectivity index (χ3v) is 3.41. The number of alkyl halides is 1. The Morgan fingerprint density at radius 2 is 2.15 bits per heavy atom. The molecule has 2 aromatic rings. The highest BCUT2D eigenvalue weighted by molar-refractivity contribution is 6.21. The summed E-state index contributed by atoms with van der Waals surface area (Å²) in [5.41, 5.74) is 1.53. The number of aromatic nitrogens is 1. The van der Waals surface area contributed by atoms with Crippen molar-refractivity contribution < 1.29 is 4.79 Å². The van der Waals surface area contributed by atoms with E-state index in [0.29, 0.717) is 18.0 Å². The zero-order valence-corrected chi connectivity index (χ0v) is 12.5. The highest BCUT2D eigenvalue weighted by Gasteiger charge is 2.11. The molecule has 0 aliphatic rings. The second-order valence-electron chi connectivity index (χ2n) is 5.35. The lowest BCUT2D eigenvalue weighted by molar-refractivity contribution is 0.0953. The van der Waals surface area contributed by atoms with Gasteiger partial charge in [-0.3, -0.25) is 9.78 Å². The average Bonchev–Trinajstić information content (AvgIpc) is 2.43. The lowest BCUT2D eigenvalue weighted by atomic mass is 10.1. The average molecular weight is 291 g/mol. The van der Waals surface area contributed by atoms with Crippen LogP contribution in [-0.2, 0) is 0 Å². The van der Waals surface area contributed by atoms with Crippen LogP contribution in [0.3, 0.4) is 0 Å². The Labute approximate surface area is 124 Å². The van der Waals surface area contributed by atoms with Crippen molar-refractivity contribution in [1.29, 1.82) is 0 Å². The van der Waals surface area contributed by atoms with Gasteiger partial charge in [0, 0.05) is 23.7 Å². The zero-order valence-electron chi connectivity index (χ0n) is 11.8. The fourth-order valence-corrected chi connectivity index (χ4v) is 2.55. The van der Waals surface area contributed by atoms with E-state index in [1.54, 1.807) is 12.3 Å². The number of halogens is 1. The Balaban J connectivity index is 2.00. The summed E-state index contributed by atoms with van der Waals surface area (Å²) < 4.78 is 0. The third kappa shape index (κ3) is 3.94. The first-order valence-corrected chi connectivity index (χ1v) is 7.27. The first-order valence-electron chi connectivity index (χ1n) is 6.83. The van der Waals surface area contributed by atoms with E-state index >= 15 is 0 Å². The van der Waals surface area contributed by atoms with Crippen molar-refractivity contribution >= 4 is 28.4 Å². The van der Waals surface area contributed by atoms with Gasteiger partial charge >= 0.3 is 0 Å². The van der Waals surface area contributed by atoms with Crippen LogP contribution < -0.4 is 5.32 Å². The molecule has 0 radical (unpaired) electrons. The molecule has 3 nitrogen and oxygen atoms in total. The molecule has 2 rings (SSSR count). The van der Waals surface area contributed by atoms with Gasteiger partial charge in [0.25, 0.3) is 5.91 Å². The van der Waals surface area contributed by atoms with Crippen molar-refractivity contribution in [3.63, 3.8) is 0 Å². The van der Waals surface area contributed by atoms with Gasteiger partial charge in [-0.2, -0.15) is 0 Å². The highest BCUT2D eigenvalue weighted by atomic mass is 35.5. The van der Waals surface area contributed by atoms with E-state index in [0.717, 1.165) is 17.3 Å². The maximum Gasteiger partial charge on any atom is 0.251 e. The molecule has 0 fully saturated rings. The van der Waals surface area contributed by atoms with Gasteiger partial charge in [-0.25, -0.2) is 0 Å². The van der Waals surface area contributed by atoms with Gasteiger partial charge in [-0.05, 0) is 36.6 Å². The standard InChI is InChI=1S/C16H19ClN2O/c1-11(2)8-14(17)10-19-16(20)13-5-6-15-12(9-13)4-3-7-18-15/h3-7,9,11,14H,8,10H2,1-2H3,(H,19,20). The van der Waals surface area contributed by atoms with Gasteiger partial charge in [-0.1, -0.05) is 19.9 Å². The fourth-order valence-electron chi connectivity index (χ4n) is 2.12. The summed E-state index contributed by atoms with van der Waals surface area (Å²) in [4.78, 5) is 16.3. The Morgan fingerprint density at radius 3 is 2.90 bits per heavy atom. The molecule has 4 heteroatoms. The van der Waals surface area contributed by atoms with E-state index < -0.39 is 0 Å². The van der Waals surface area contributed by atoms with Crippen molar-refractivity contribution in [2.24, 2.45) is 5.92 Å². The van der Waals surface area contributed by atoms with Gasteiger partial charge < -0.3 is 5.32 Å². The van der Waals surface area contributed by atoms with Crippen LogP contribution in [0.15, 0.2) is 36.5 Å². The highest BCUT2D eigenvalue weighted by Crippen LogP contribution is 2.14. The number of rotatable bonds is 5. The van der Waals surface area contributed by atoms with Crippen LogP contribution >= 0.6 is 11.6 Å². The van der Waals surface area contributed by atoms with Gasteiger partial charge in [0.2, 0.25) is 0 Å². The molecule has 1 aromatic heterocycles. The topological polar surface area (TPSA) is 42.0 Å². The molecule has 106 valence electrons. The predicted octanol–water partition coefficient (Wildman–Crippen LogP) is 3.62. The van der Waals surface area contributed by atoms with Crippen molar-refractivity contribution in [2.45, 2.75) is 25.6 Å². The number of nitrogens with one attached hydrogen (secondary N) is 1. The Hall–Kier alpha value is -1.61. The first kappa shape index (κ1) is 14.8. The van der Waals surface area contributed by atoms with Crippen LogP contribution in [0.1, 0.15) is 30.6 Å². The van der Waals surface area contributed by atoms with Crippen LogP contribution in [0.4, 0.5) is 0 Å². The number of carbonyl (C=O) groups excluding carboxylic acids is 1. The number of carbonyl (C=O) groups is 1. The zero-order chi connectivity index (χ0) is 14.5. The quantitative estimate of drug-likeness (QED) is 0.855. The third-order valence-electron chi connectivity index (χ3n) is 3.08. The van der Waals surface area contributed by atoms with Gasteiger partial charge in [0.1, 0.15) is 0 Å². The number of amides is 1. The van der Waals surface area contributed by atoms with Crippen LogP contribution in [0.2, 0.25) is 0 Å². The maximum absolute atomic E-state index is 12.1. The van der Waals surface area contributed by atoms with Gasteiger partial charge in [0.15, 0.2) is 0 Å². The number of hydrogen-bond donors (Lipinski definition) is 1. The lowest BCUT2D eigenvalue weighted by Crippen LogP contribution is -2.30. The Kier molecular flexibility index (Phi) is 4.96. The Morgan fingerprint density at radius 1 is 1.35 bits per heavy atom. The number of nitrogens with zero attached hydrogens (tertiary/aromatic N) is 1. The number of benzene rings is 1. The molecule has 0 spiro atoms. The number of fused-ring (bicyclic) bond motifs is 1. The monoisotopic (exact) mass is 290 g/mol. The predicted molar refractivity (Wildman–Crippen MR) is 83.2 cm³/mol. The van der Waals surface area contributed by atoms with Crippen LogP contribution in [0, 0.1) is 5.92 Å². The molecule has 1 unspecified atom stereocenters. The van der Waals surface area contributed by atoms with Crippen LogP contribution in [-0.4, -0.2) is 22.8 Å². The molecule has 0 bridgehead atoms. The van der Waals surface area contributed by atoms with Crippen molar-refractivity contribution in [3.05, 3.63) is 42.1 Å². The molecule has 0 aliphatic heterocycles. The first-order chi connectivity index (χ1) is 9.56. The van der Waals surface area contributed by atoms with Crippen LogP contribution in [0.5, 0.6) is 0 Å². The summed E-state index contributed by atoms with van der Waals surface area (Å²) in [6.45, 7) is 4.73. The molecule has 1 N–H and O–H groups in total. The van der Waals surface area contributed by atoms with Crippen molar-refractivity contribution in [2.75, 3.05) is 6.54 Å². The number of hydrogen-bond acceptors (Lipinski definition) is 2. The minimum Gasteiger partial charge on any atom is -0.351 e. The maximum atomic E-state index is 12.1. The Bertz CT molecular complexity index is 598. The van der Waals surface area contributed by atoms with Crippen molar-refractivity contribution in [3.8, 4) is 0 Å². The molecular weight excluding hydrogens is 272 g/mol. The molecule has 1 amide bonds. The molecular formula is C16H19ClN2O. The molecule has 1 aromatic carbocycles. The molecule has 0 saturated heterocycles. The number of pyridine rings is 1. The second-order valence-corrected chi connectivity index (χ2v) is 5.96. The molecule has 1 heterocycles. The summed E-state index contributed by atoms with van der Waals surface area (Å²) >= 11 is 6.18. The van der Waals surface area contributed by atoms with Gasteiger partial charge in [0.05, 0.1) is 10.9 Å². The minimum atomic E-state index is -0.0924. The lowest BCUT2D eigenvalue weighted by Gasteiger charge is -2.13. The SMILES string of the molecule is CC(C)CC(Cl)CNC(=O)c1ccc2ncccc2c1. The van der Waals surface area contributed by atoms with E-state index in [-0.39, 0.29) is 11.3 Å².